The quantitative estimate of drug-likeness (QED) is 0.687. The Labute approximate surface area is 198 Å². The Hall–Kier alpha value is -3.20. The summed E-state index contributed by atoms with van der Waals surface area (Å²) < 4.78 is 24.6. The van der Waals surface area contributed by atoms with Gasteiger partial charge >= 0.3 is 0 Å². The molecule has 0 saturated carbocycles. The van der Waals surface area contributed by atoms with Crippen molar-refractivity contribution in [2.45, 2.75) is 31.3 Å². The third kappa shape index (κ3) is 4.09. The van der Waals surface area contributed by atoms with Crippen LogP contribution in [0.1, 0.15) is 24.8 Å². The summed E-state index contributed by atoms with van der Waals surface area (Å²) >= 11 is 0. The van der Waals surface area contributed by atoms with Crippen molar-refractivity contribution < 1.29 is 18.7 Å². The van der Waals surface area contributed by atoms with Gasteiger partial charge in [0.25, 0.3) is 0 Å². The highest BCUT2D eigenvalue weighted by Gasteiger charge is 2.41. The van der Waals surface area contributed by atoms with Crippen molar-refractivity contribution in [2.24, 2.45) is 0 Å². The summed E-state index contributed by atoms with van der Waals surface area (Å²) in [5, 5.41) is 0. The fraction of sp³-hybridized carbons (Fsp3) is 0.480. The van der Waals surface area contributed by atoms with Crippen LogP contribution in [-0.4, -0.2) is 83.7 Å². The molecule has 9 heteroatoms. The summed E-state index contributed by atoms with van der Waals surface area (Å²) in [4.78, 5) is 27.8. The number of hydrogen-bond acceptors (Lipinski definition) is 7. The van der Waals surface area contributed by atoms with E-state index < -0.39 is 5.82 Å². The van der Waals surface area contributed by atoms with Gasteiger partial charge in [-0.1, -0.05) is 12.1 Å². The number of carbonyl (C=O) groups excluding carboxylic acids is 1. The van der Waals surface area contributed by atoms with Crippen LogP contribution < -0.4 is 14.4 Å². The molecule has 5 heterocycles. The van der Waals surface area contributed by atoms with Gasteiger partial charge in [-0.3, -0.25) is 9.69 Å². The highest BCUT2D eigenvalue weighted by molar-refractivity contribution is 5.80. The minimum Gasteiger partial charge on any atom is -0.486 e. The van der Waals surface area contributed by atoms with Gasteiger partial charge in [0.05, 0.1) is 18.9 Å². The number of fused-ring (bicyclic) bond motifs is 3. The Kier molecular flexibility index (Phi) is 5.57. The summed E-state index contributed by atoms with van der Waals surface area (Å²) in [7, 11) is 0. The SMILES string of the molecule is O=C(CN1CC2CCC(C1)N2c1ncc(F)cn1)N1CC=C(c2ccc3c(c2)OCCO3)CC1. The molecule has 2 unspecified atom stereocenters. The van der Waals surface area contributed by atoms with Crippen LogP contribution in [0.25, 0.3) is 5.57 Å². The van der Waals surface area contributed by atoms with Crippen molar-refractivity contribution in [1.29, 1.82) is 0 Å². The highest BCUT2D eigenvalue weighted by atomic mass is 19.1. The van der Waals surface area contributed by atoms with E-state index in [2.05, 4.69) is 31.9 Å². The maximum Gasteiger partial charge on any atom is 0.237 e. The molecule has 2 fully saturated rings. The number of piperazine rings is 1. The number of halogens is 1. The summed E-state index contributed by atoms with van der Waals surface area (Å²) in [6.45, 7) is 4.53. The van der Waals surface area contributed by atoms with Crippen molar-refractivity contribution in [3.05, 3.63) is 48.0 Å². The lowest BCUT2D eigenvalue weighted by Crippen LogP contribution is -2.56. The zero-order valence-corrected chi connectivity index (χ0v) is 19.0. The molecule has 0 N–H and O–H groups in total. The first kappa shape index (κ1) is 21.3. The average molecular weight is 466 g/mol. The van der Waals surface area contributed by atoms with Gasteiger partial charge in [-0.05, 0) is 42.5 Å². The summed E-state index contributed by atoms with van der Waals surface area (Å²) in [5.74, 6) is 1.93. The monoisotopic (exact) mass is 465 g/mol. The van der Waals surface area contributed by atoms with Gasteiger partial charge in [0, 0.05) is 38.3 Å². The summed E-state index contributed by atoms with van der Waals surface area (Å²) in [6, 6.07) is 6.60. The van der Waals surface area contributed by atoms with Gasteiger partial charge in [-0.25, -0.2) is 14.4 Å². The summed E-state index contributed by atoms with van der Waals surface area (Å²) in [6.07, 6.45) is 7.51. The van der Waals surface area contributed by atoms with Crippen LogP contribution in [0.3, 0.4) is 0 Å². The molecule has 178 valence electrons. The van der Waals surface area contributed by atoms with Gasteiger partial charge in [-0.15, -0.1) is 0 Å². The van der Waals surface area contributed by atoms with Crippen LogP contribution in [0.15, 0.2) is 36.7 Å². The number of nitrogens with zero attached hydrogens (tertiary/aromatic N) is 5. The Balaban J connectivity index is 1.06. The number of likely N-dealkylation sites (tertiary alicyclic amines) is 1. The molecular weight excluding hydrogens is 437 g/mol. The van der Waals surface area contributed by atoms with E-state index in [1.54, 1.807) is 0 Å². The van der Waals surface area contributed by atoms with Crippen molar-refractivity contribution in [1.82, 2.24) is 19.8 Å². The molecule has 1 aromatic heterocycles. The summed E-state index contributed by atoms with van der Waals surface area (Å²) in [5.41, 5.74) is 2.37. The molecule has 8 nitrogen and oxygen atoms in total. The molecule has 2 aromatic rings. The number of anilines is 1. The topological polar surface area (TPSA) is 71.0 Å². The van der Waals surface area contributed by atoms with Gasteiger partial charge in [0.15, 0.2) is 17.3 Å². The zero-order valence-electron chi connectivity index (χ0n) is 19.0. The third-order valence-electron chi connectivity index (χ3n) is 7.23. The van der Waals surface area contributed by atoms with Crippen LogP contribution >= 0.6 is 0 Å². The number of ether oxygens (including phenoxy) is 2. The molecule has 1 amide bonds. The fourth-order valence-electron chi connectivity index (χ4n) is 5.58. The Morgan fingerprint density at radius 1 is 1.06 bits per heavy atom. The first-order valence-electron chi connectivity index (χ1n) is 12.0. The minimum absolute atomic E-state index is 0.170. The molecule has 34 heavy (non-hydrogen) atoms. The second-order valence-electron chi connectivity index (χ2n) is 9.37. The van der Waals surface area contributed by atoms with E-state index in [-0.39, 0.29) is 18.0 Å². The smallest absolute Gasteiger partial charge is 0.237 e. The van der Waals surface area contributed by atoms with Gasteiger partial charge in [0.1, 0.15) is 13.2 Å². The normalized spacial score (nSPS) is 24.2. The molecule has 4 aliphatic rings. The van der Waals surface area contributed by atoms with Gasteiger partial charge in [0.2, 0.25) is 11.9 Å². The molecular formula is C25H28FN5O3. The van der Waals surface area contributed by atoms with Crippen LogP contribution in [0.5, 0.6) is 11.5 Å². The number of rotatable bonds is 4. The molecule has 0 radical (unpaired) electrons. The molecule has 0 aliphatic carbocycles. The number of hydrogen-bond donors (Lipinski definition) is 0. The Morgan fingerprint density at radius 3 is 2.50 bits per heavy atom. The zero-order chi connectivity index (χ0) is 23.1. The highest BCUT2D eigenvalue weighted by Crippen LogP contribution is 2.35. The van der Waals surface area contributed by atoms with Crippen LogP contribution in [0.4, 0.5) is 10.3 Å². The van der Waals surface area contributed by atoms with Crippen molar-refractivity contribution in [3.8, 4) is 11.5 Å². The fourth-order valence-corrected chi connectivity index (χ4v) is 5.58. The number of carbonyl (C=O) groups is 1. The van der Waals surface area contributed by atoms with E-state index in [1.165, 1.54) is 18.0 Å². The standard InChI is InChI=1S/C25H28FN5O3/c26-19-12-27-25(28-13-19)31-20-2-3-21(31)15-29(14-20)16-24(32)30-7-5-17(6-8-30)18-1-4-22-23(11-18)34-10-9-33-22/h1,4-5,11-13,20-21H,2-3,6-10,14-16H2. The lowest BCUT2D eigenvalue weighted by Gasteiger charge is -2.41. The Morgan fingerprint density at radius 2 is 1.79 bits per heavy atom. The van der Waals surface area contributed by atoms with Crippen LogP contribution in [0.2, 0.25) is 0 Å². The van der Waals surface area contributed by atoms with E-state index in [1.807, 2.05) is 17.0 Å². The molecule has 0 spiro atoms. The van der Waals surface area contributed by atoms with Gasteiger partial charge < -0.3 is 19.3 Å². The van der Waals surface area contributed by atoms with Crippen molar-refractivity contribution >= 4 is 17.4 Å². The maximum absolute atomic E-state index is 13.2. The minimum atomic E-state index is -0.423. The molecule has 2 saturated heterocycles. The number of aromatic nitrogens is 2. The lowest BCUT2D eigenvalue weighted by atomic mass is 9.99. The maximum atomic E-state index is 13.2. The second-order valence-corrected chi connectivity index (χ2v) is 9.37. The Bertz CT molecular complexity index is 1090. The molecule has 4 aliphatic heterocycles. The van der Waals surface area contributed by atoms with Gasteiger partial charge in [-0.2, -0.15) is 0 Å². The largest absolute Gasteiger partial charge is 0.486 e. The molecule has 2 atom stereocenters. The van der Waals surface area contributed by atoms with E-state index in [4.69, 9.17) is 9.47 Å². The average Bonchev–Trinajstić information content (AvgIpc) is 3.14. The van der Waals surface area contributed by atoms with E-state index in [0.29, 0.717) is 32.3 Å². The first-order valence-corrected chi connectivity index (χ1v) is 12.0. The van der Waals surface area contributed by atoms with Crippen LogP contribution in [0, 0.1) is 5.82 Å². The second kappa shape index (κ2) is 8.87. The molecule has 1 aromatic carbocycles. The van der Waals surface area contributed by atoms with Crippen LogP contribution in [-0.2, 0) is 4.79 Å². The van der Waals surface area contributed by atoms with E-state index in [0.717, 1.165) is 56.0 Å². The number of benzene rings is 1. The lowest BCUT2D eigenvalue weighted by molar-refractivity contribution is -0.132. The molecule has 6 rings (SSSR count). The predicted molar refractivity (Wildman–Crippen MR) is 124 cm³/mol. The first-order chi connectivity index (χ1) is 16.6. The van der Waals surface area contributed by atoms with E-state index >= 15 is 0 Å². The third-order valence-corrected chi connectivity index (χ3v) is 7.23. The van der Waals surface area contributed by atoms with Crippen molar-refractivity contribution in [3.63, 3.8) is 0 Å². The van der Waals surface area contributed by atoms with E-state index in [9.17, 15) is 9.18 Å². The molecule has 2 bridgehead atoms. The number of amides is 1. The predicted octanol–water partition coefficient (Wildman–Crippen LogP) is 2.36. The van der Waals surface area contributed by atoms with Crippen molar-refractivity contribution in [2.75, 3.05) is 50.8 Å².